The van der Waals surface area contributed by atoms with Crippen molar-refractivity contribution in [3.63, 3.8) is 0 Å². The van der Waals surface area contributed by atoms with Gasteiger partial charge in [-0.3, -0.25) is 4.79 Å². The Bertz CT molecular complexity index is 1990. The number of hydrogen-bond acceptors (Lipinski definition) is 7. The fourth-order valence-electron chi connectivity index (χ4n) is 5.96. The summed E-state index contributed by atoms with van der Waals surface area (Å²) in [4.78, 5) is 12.7. The Hall–Kier alpha value is -4.29. The molecule has 4 unspecified atom stereocenters. The smallest absolute Gasteiger partial charge is 0.240 e. The molecule has 10 heteroatoms. The third kappa shape index (κ3) is 8.70. The number of thioether (sulfide) groups is 1. The highest BCUT2D eigenvalue weighted by Gasteiger charge is 2.38. The monoisotopic (exact) mass is 708 g/mol. The number of aliphatic hydroxyl groups excluding tert-OH is 1. The average molecular weight is 709 g/mol. The van der Waals surface area contributed by atoms with Crippen LogP contribution in [0.5, 0.6) is 0 Å². The van der Waals surface area contributed by atoms with E-state index in [1.807, 2.05) is 97.1 Å². The maximum Gasteiger partial charge on any atom is 0.240 e. The quantitative estimate of drug-likeness (QED) is 0.113. The number of nitrogens with one attached hydrogen (secondary N) is 2. The number of amides is 1. The van der Waals surface area contributed by atoms with Crippen molar-refractivity contribution in [3.05, 3.63) is 150 Å². The van der Waals surface area contributed by atoms with Crippen molar-refractivity contribution < 1.29 is 27.8 Å². The van der Waals surface area contributed by atoms with Gasteiger partial charge in [-0.05, 0) is 64.2 Å². The molecule has 6 rings (SSSR count). The summed E-state index contributed by atoms with van der Waals surface area (Å²) in [5, 5.41) is 12.4. The minimum Gasteiger partial charge on any atom is -0.392 e. The zero-order valence-corrected chi connectivity index (χ0v) is 29.5. The summed E-state index contributed by atoms with van der Waals surface area (Å²) in [6, 6.07) is 39.7. The van der Waals surface area contributed by atoms with E-state index in [0.717, 1.165) is 44.0 Å². The van der Waals surface area contributed by atoms with Gasteiger partial charge in [-0.25, -0.2) is 13.1 Å². The Labute approximate surface area is 297 Å². The summed E-state index contributed by atoms with van der Waals surface area (Å²) in [7, 11) is -3.66. The molecule has 5 aromatic rings. The number of aliphatic hydroxyl groups is 1. The van der Waals surface area contributed by atoms with E-state index in [1.165, 1.54) is 6.92 Å². The molecular formula is C40H40N2O6S2. The zero-order chi connectivity index (χ0) is 35.1. The van der Waals surface area contributed by atoms with Crippen LogP contribution in [0.2, 0.25) is 0 Å². The molecule has 0 aromatic heterocycles. The molecule has 0 bridgehead atoms. The van der Waals surface area contributed by atoms with Crippen LogP contribution in [-0.2, 0) is 37.4 Å². The van der Waals surface area contributed by atoms with Crippen LogP contribution in [0, 0.1) is 5.92 Å². The predicted molar refractivity (Wildman–Crippen MR) is 197 cm³/mol. The minimum atomic E-state index is -3.66. The van der Waals surface area contributed by atoms with E-state index >= 15 is 0 Å². The third-order valence-electron chi connectivity index (χ3n) is 8.73. The fraction of sp³-hybridized carbons (Fsp3) is 0.225. The summed E-state index contributed by atoms with van der Waals surface area (Å²) >= 11 is 1.69. The minimum absolute atomic E-state index is 0.0263. The van der Waals surface area contributed by atoms with Gasteiger partial charge < -0.3 is 19.9 Å². The van der Waals surface area contributed by atoms with Crippen LogP contribution >= 0.6 is 11.8 Å². The molecule has 4 atom stereocenters. The Balaban J connectivity index is 1.21. The first-order valence-electron chi connectivity index (χ1n) is 16.4. The van der Waals surface area contributed by atoms with Gasteiger partial charge in [0.25, 0.3) is 0 Å². The van der Waals surface area contributed by atoms with Crippen LogP contribution < -0.4 is 10.0 Å². The SMILES string of the molecule is CC(=O)Nc1ccc(SCC2OC(c3ccc(-c4ccccc4CNS(=O)(=O)c4ccccc4)cc3)OC(c3ccc(CO)cc3)C2C)cc1. The van der Waals surface area contributed by atoms with Crippen LogP contribution in [-0.4, -0.2) is 31.3 Å². The Morgan fingerprint density at radius 2 is 1.46 bits per heavy atom. The van der Waals surface area contributed by atoms with Gasteiger partial charge in [0.15, 0.2) is 6.29 Å². The second-order valence-corrected chi connectivity index (χ2v) is 15.1. The number of anilines is 1. The summed E-state index contributed by atoms with van der Waals surface area (Å²) in [6.07, 6.45) is -1.01. The molecule has 0 spiro atoms. The highest BCUT2D eigenvalue weighted by atomic mass is 32.2. The summed E-state index contributed by atoms with van der Waals surface area (Å²) in [5.74, 6) is 0.612. The van der Waals surface area contributed by atoms with Crippen molar-refractivity contribution >= 4 is 33.4 Å². The molecular weight excluding hydrogens is 669 g/mol. The lowest BCUT2D eigenvalue weighted by Gasteiger charge is -2.41. The van der Waals surface area contributed by atoms with Crippen molar-refractivity contribution in [3.8, 4) is 11.1 Å². The molecule has 0 aliphatic carbocycles. The fourth-order valence-corrected chi connectivity index (χ4v) is 8.05. The first-order valence-corrected chi connectivity index (χ1v) is 18.9. The van der Waals surface area contributed by atoms with Gasteiger partial charge >= 0.3 is 0 Å². The molecule has 3 N–H and O–H groups in total. The second kappa shape index (κ2) is 16.2. The molecule has 0 radical (unpaired) electrons. The first kappa shape index (κ1) is 35.5. The van der Waals surface area contributed by atoms with Gasteiger partial charge in [-0.15, -0.1) is 11.8 Å². The number of ether oxygens (including phenoxy) is 2. The van der Waals surface area contributed by atoms with E-state index < -0.39 is 16.3 Å². The number of carbonyl (C=O) groups is 1. The molecule has 0 saturated carbocycles. The van der Waals surface area contributed by atoms with Crippen molar-refractivity contribution in [2.24, 2.45) is 5.92 Å². The van der Waals surface area contributed by atoms with Crippen molar-refractivity contribution in [2.45, 2.75) is 55.3 Å². The molecule has 50 heavy (non-hydrogen) atoms. The molecule has 1 heterocycles. The molecule has 1 amide bonds. The Kier molecular flexibility index (Phi) is 11.5. The van der Waals surface area contributed by atoms with Crippen LogP contribution in [0.1, 0.15) is 48.5 Å². The van der Waals surface area contributed by atoms with Crippen LogP contribution in [0.15, 0.2) is 137 Å². The lowest BCUT2D eigenvalue weighted by molar-refractivity contribution is -0.268. The molecule has 1 aliphatic rings. The maximum atomic E-state index is 12.9. The zero-order valence-electron chi connectivity index (χ0n) is 27.9. The highest BCUT2D eigenvalue weighted by molar-refractivity contribution is 7.99. The third-order valence-corrected chi connectivity index (χ3v) is 11.2. The van der Waals surface area contributed by atoms with Gasteiger partial charge in [-0.2, -0.15) is 0 Å². The summed E-state index contributed by atoms with van der Waals surface area (Å²) in [6.45, 7) is 3.75. The summed E-state index contributed by atoms with van der Waals surface area (Å²) < 4.78 is 41.8. The average Bonchev–Trinajstić information content (AvgIpc) is 3.14. The lowest BCUT2D eigenvalue weighted by Crippen LogP contribution is -2.38. The normalized spacial score (nSPS) is 19.2. The Morgan fingerprint density at radius 3 is 2.14 bits per heavy atom. The number of sulfonamides is 1. The first-order chi connectivity index (χ1) is 24.2. The molecule has 1 saturated heterocycles. The summed E-state index contributed by atoms with van der Waals surface area (Å²) in [5.41, 5.74) is 6.20. The van der Waals surface area contributed by atoms with E-state index in [2.05, 4.69) is 17.0 Å². The van der Waals surface area contributed by atoms with Crippen LogP contribution in [0.25, 0.3) is 11.1 Å². The van der Waals surface area contributed by atoms with Gasteiger partial charge in [0, 0.05) is 41.3 Å². The number of carbonyl (C=O) groups excluding carboxylic acids is 1. The largest absolute Gasteiger partial charge is 0.392 e. The van der Waals surface area contributed by atoms with Gasteiger partial charge in [-0.1, -0.05) is 97.9 Å². The van der Waals surface area contributed by atoms with Crippen molar-refractivity contribution in [1.29, 1.82) is 0 Å². The maximum absolute atomic E-state index is 12.9. The standard InChI is InChI=1S/C40H40N2O6S2/c1-27-38(26-49-35-22-20-34(21-23-35)42-28(2)44)47-40(48-39(27)31-14-12-29(25-43)13-15-31)32-18-16-30(17-19-32)37-11-7-6-8-33(37)24-41-50(45,46)36-9-4-3-5-10-36/h3-23,27,38-41,43H,24-26H2,1-2H3,(H,42,44). The number of benzene rings is 5. The van der Waals surface area contributed by atoms with Crippen LogP contribution in [0.3, 0.4) is 0 Å². The highest BCUT2D eigenvalue weighted by Crippen LogP contribution is 2.43. The van der Waals surface area contributed by atoms with Crippen LogP contribution in [0.4, 0.5) is 5.69 Å². The number of hydrogen-bond donors (Lipinski definition) is 3. The topological polar surface area (TPSA) is 114 Å². The van der Waals surface area contributed by atoms with Crippen molar-refractivity contribution in [1.82, 2.24) is 4.72 Å². The Morgan fingerprint density at radius 1 is 0.800 bits per heavy atom. The molecule has 1 fully saturated rings. The van der Waals surface area contributed by atoms with E-state index in [4.69, 9.17) is 9.47 Å². The van der Waals surface area contributed by atoms with Gasteiger partial charge in [0.2, 0.25) is 15.9 Å². The molecule has 5 aromatic carbocycles. The molecule has 258 valence electrons. The van der Waals surface area contributed by atoms with Gasteiger partial charge in [0.05, 0.1) is 23.7 Å². The van der Waals surface area contributed by atoms with E-state index in [0.29, 0.717) is 5.75 Å². The number of rotatable bonds is 12. The lowest BCUT2D eigenvalue weighted by atomic mass is 9.91. The van der Waals surface area contributed by atoms with E-state index in [9.17, 15) is 18.3 Å². The van der Waals surface area contributed by atoms with E-state index in [-0.39, 0.29) is 42.1 Å². The van der Waals surface area contributed by atoms with Gasteiger partial charge in [0.1, 0.15) is 0 Å². The molecule has 1 aliphatic heterocycles. The second-order valence-electron chi connectivity index (χ2n) is 12.3. The molecule has 8 nitrogen and oxygen atoms in total. The van der Waals surface area contributed by atoms with Crippen molar-refractivity contribution in [2.75, 3.05) is 11.1 Å². The van der Waals surface area contributed by atoms with E-state index in [1.54, 1.807) is 42.1 Å². The predicted octanol–water partition coefficient (Wildman–Crippen LogP) is 7.87.